The van der Waals surface area contributed by atoms with E-state index in [0.717, 1.165) is 10.0 Å². The lowest BCUT2D eigenvalue weighted by atomic mass is 10.2. The molecule has 0 unspecified atom stereocenters. The van der Waals surface area contributed by atoms with Crippen molar-refractivity contribution in [3.63, 3.8) is 0 Å². The molecule has 25 heavy (non-hydrogen) atoms. The normalized spacial score (nSPS) is 10.7. The number of nitrogens with two attached hydrogens (primary N) is 1. The van der Waals surface area contributed by atoms with Gasteiger partial charge in [0.05, 0.1) is 11.6 Å². The molecule has 1 heterocycles. The summed E-state index contributed by atoms with van der Waals surface area (Å²) in [5.74, 6) is 0.402. The van der Waals surface area contributed by atoms with Crippen molar-refractivity contribution < 1.29 is 9.13 Å². The molecule has 0 amide bonds. The maximum Gasteiger partial charge on any atom is 0.260 e. The third kappa shape index (κ3) is 4.37. The van der Waals surface area contributed by atoms with Gasteiger partial charge in [0.25, 0.3) is 5.95 Å². The molecule has 0 saturated heterocycles. The number of halogens is 3. The van der Waals surface area contributed by atoms with E-state index in [9.17, 15) is 4.39 Å². The van der Waals surface area contributed by atoms with Gasteiger partial charge in [-0.3, -0.25) is 0 Å². The second-order valence-electron chi connectivity index (χ2n) is 5.06. The fourth-order valence-corrected chi connectivity index (χ4v) is 2.72. The summed E-state index contributed by atoms with van der Waals surface area (Å²) < 4.78 is 19.8. The van der Waals surface area contributed by atoms with E-state index in [1.54, 1.807) is 6.07 Å². The molecule has 0 fully saturated rings. The van der Waals surface area contributed by atoms with Crippen LogP contribution in [0.3, 0.4) is 0 Å². The van der Waals surface area contributed by atoms with Crippen LogP contribution in [-0.2, 0) is 13.2 Å². The van der Waals surface area contributed by atoms with Crippen LogP contribution in [0.2, 0.25) is 5.02 Å². The molecule has 3 rings (SSSR count). The van der Waals surface area contributed by atoms with Crippen LogP contribution in [0.25, 0.3) is 0 Å². The summed E-state index contributed by atoms with van der Waals surface area (Å²) in [6, 6.07) is 9.77. The summed E-state index contributed by atoms with van der Waals surface area (Å²) in [6.45, 7) is 0.585. The number of ether oxygens (including phenoxy) is 1. The fourth-order valence-electron chi connectivity index (χ4n) is 2.09. The van der Waals surface area contributed by atoms with Crippen molar-refractivity contribution in [1.29, 1.82) is 0 Å². The van der Waals surface area contributed by atoms with E-state index >= 15 is 0 Å². The van der Waals surface area contributed by atoms with Crippen molar-refractivity contribution in [2.75, 3.05) is 11.2 Å². The van der Waals surface area contributed by atoms with Gasteiger partial charge in [0, 0.05) is 15.6 Å². The average Bonchev–Trinajstić information content (AvgIpc) is 2.98. The third-order valence-electron chi connectivity index (χ3n) is 3.33. The highest BCUT2D eigenvalue weighted by molar-refractivity contribution is 9.10. The van der Waals surface area contributed by atoms with Gasteiger partial charge in [-0.25, -0.2) is 4.39 Å². The van der Waals surface area contributed by atoms with Crippen LogP contribution in [0.4, 0.5) is 10.3 Å². The van der Waals surface area contributed by atoms with Gasteiger partial charge in [0.2, 0.25) is 0 Å². The monoisotopic (exact) mass is 426 g/mol. The molecular weight excluding hydrogens is 415 g/mol. The Labute approximate surface area is 156 Å². The zero-order valence-electron chi connectivity index (χ0n) is 12.8. The lowest BCUT2D eigenvalue weighted by Crippen LogP contribution is -2.18. The van der Waals surface area contributed by atoms with Crippen molar-refractivity contribution in [2.24, 2.45) is 0 Å². The van der Waals surface area contributed by atoms with E-state index < -0.39 is 0 Å². The highest BCUT2D eigenvalue weighted by atomic mass is 79.9. The molecule has 0 saturated carbocycles. The summed E-state index contributed by atoms with van der Waals surface area (Å²) in [5, 5.41) is 11.1. The van der Waals surface area contributed by atoms with Crippen LogP contribution in [-0.4, -0.2) is 20.3 Å². The van der Waals surface area contributed by atoms with Gasteiger partial charge in [0.15, 0.2) is 0 Å². The summed E-state index contributed by atoms with van der Waals surface area (Å²) in [4.78, 5) is 1.27. The maximum absolute atomic E-state index is 13.1. The Kier molecular flexibility index (Phi) is 5.34. The van der Waals surface area contributed by atoms with Crippen LogP contribution >= 0.6 is 27.5 Å². The number of aromatic nitrogens is 4. The van der Waals surface area contributed by atoms with E-state index in [-0.39, 0.29) is 18.4 Å². The van der Waals surface area contributed by atoms with Crippen molar-refractivity contribution in [3.05, 3.63) is 62.8 Å². The molecule has 1 aromatic heterocycles. The number of nitrogen functional groups attached to an aromatic ring is 1. The Morgan fingerprint density at radius 2 is 2.08 bits per heavy atom. The molecule has 3 aromatic rings. The Bertz CT molecular complexity index is 890. The molecule has 0 bridgehead atoms. The largest absolute Gasteiger partial charge is 0.488 e. The van der Waals surface area contributed by atoms with Gasteiger partial charge in [-0.15, -0.1) is 4.79 Å². The van der Waals surface area contributed by atoms with Crippen molar-refractivity contribution in [3.8, 4) is 5.75 Å². The van der Waals surface area contributed by atoms with Gasteiger partial charge >= 0.3 is 0 Å². The molecule has 0 atom stereocenters. The first-order valence-electron chi connectivity index (χ1n) is 7.16. The molecule has 3 N–H and O–H groups in total. The van der Waals surface area contributed by atoms with Crippen LogP contribution in [0.1, 0.15) is 11.1 Å². The molecule has 0 aliphatic heterocycles. The minimum absolute atomic E-state index is 0.149. The van der Waals surface area contributed by atoms with Gasteiger partial charge in [0.1, 0.15) is 18.2 Å². The van der Waals surface area contributed by atoms with Crippen molar-refractivity contribution >= 4 is 33.5 Å². The summed E-state index contributed by atoms with van der Waals surface area (Å²) in [5.41, 5.74) is 10.1. The lowest BCUT2D eigenvalue weighted by molar-refractivity contribution is 0.303. The fraction of sp³-hybridized carbons (Fsp3) is 0.133. The minimum Gasteiger partial charge on any atom is -0.488 e. The van der Waals surface area contributed by atoms with Crippen LogP contribution < -0.4 is 15.9 Å². The van der Waals surface area contributed by atoms with E-state index in [0.29, 0.717) is 22.9 Å². The number of nitrogens with one attached hydrogen (secondary N) is 1. The molecular formula is C15H13BrClFN6O. The quantitative estimate of drug-likeness (QED) is 0.628. The highest BCUT2D eigenvalue weighted by Crippen LogP contribution is 2.26. The van der Waals surface area contributed by atoms with Gasteiger partial charge < -0.3 is 15.9 Å². The van der Waals surface area contributed by atoms with E-state index in [4.69, 9.17) is 22.1 Å². The second kappa shape index (κ2) is 7.66. The first kappa shape index (κ1) is 17.4. The number of benzene rings is 2. The van der Waals surface area contributed by atoms with Gasteiger partial charge in [-0.1, -0.05) is 38.7 Å². The Hall–Kier alpha value is -2.39. The first-order valence-corrected chi connectivity index (χ1v) is 8.33. The topological polar surface area (TPSA) is 90.9 Å². The number of anilines is 1. The van der Waals surface area contributed by atoms with Crippen LogP contribution in [0.15, 0.2) is 40.9 Å². The molecule has 0 radical (unpaired) electrons. The Morgan fingerprint density at radius 1 is 1.24 bits per heavy atom. The van der Waals surface area contributed by atoms with Gasteiger partial charge in [-0.2, -0.15) is 0 Å². The number of hydrogen-bond donors (Lipinski definition) is 2. The van der Waals surface area contributed by atoms with Crippen LogP contribution in [0.5, 0.6) is 5.75 Å². The smallest absolute Gasteiger partial charge is 0.260 e. The third-order valence-corrected chi connectivity index (χ3v) is 4.18. The lowest BCUT2D eigenvalue weighted by Gasteiger charge is -2.14. The molecule has 2 aromatic carbocycles. The van der Waals surface area contributed by atoms with E-state index in [2.05, 4.69) is 36.9 Å². The molecule has 0 spiro atoms. The first-order chi connectivity index (χ1) is 12.0. The Morgan fingerprint density at radius 3 is 2.80 bits per heavy atom. The standard InChI is InChI=1S/C15H13BrClFN6O/c16-11-2-4-14(25-8-9-1-3-12(18)6-13(9)17)10(5-11)7-20-24-15(19)21-22-23-24/h1-6,20H,7-8H2,(H2,19,21,23). The number of tetrazole rings is 1. The zero-order valence-corrected chi connectivity index (χ0v) is 15.1. The van der Waals surface area contributed by atoms with Gasteiger partial charge in [-0.05, 0) is 40.8 Å². The predicted molar refractivity (Wildman–Crippen MR) is 95.2 cm³/mol. The minimum atomic E-state index is -0.388. The molecule has 130 valence electrons. The molecule has 0 aliphatic rings. The highest BCUT2D eigenvalue weighted by Gasteiger charge is 2.09. The van der Waals surface area contributed by atoms with E-state index in [1.807, 2.05) is 18.2 Å². The molecule has 10 heteroatoms. The van der Waals surface area contributed by atoms with Crippen molar-refractivity contribution in [2.45, 2.75) is 13.2 Å². The zero-order chi connectivity index (χ0) is 17.8. The Balaban J connectivity index is 1.73. The van der Waals surface area contributed by atoms with Crippen molar-refractivity contribution in [1.82, 2.24) is 20.3 Å². The average molecular weight is 428 g/mol. The number of hydrogen-bond acceptors (Lipinski definition) is 6. The summed E-state index contributed by atoms with van der Waals surface area (Å²) in [6.07, 6.45) is 0. The van der Waals surface area contributed by atoms with E-state index in [1.165, 1.54) is 16.9 Å². The summed E-state index contributed by atoms with van der Waals surface area (Å²) >= 11 is 9.45. The number of rotatable bonds is 6. The second-order valence-corrected chi connectivity index (χ2v) is 6.38. The number of nitrogens with zero attached hydrogens (tertiary/aromatic N) is 4. The van der Waals surface area contributed by atoms with Crippen LogP contribution in [0, 0.1) is 5.82 Å². The predicted octanol–water partition coefficient (Wildman–Crippen LogP) is 3.13. The summed E-state index contributed by atoms with van der Waals surface area (Å²) in [7, 11) is 0. The molecule has 7 nitrogen and oxygen atoms in total. The molecule has 0 aliphatic carbocycles. The maximum atomic E-state index is 13.1. The SMILES string of the molecule is Nc1nnnn1NCc1cc(Br)ccc1OCc1ccc(F)cc1Cl.